The molecule has 9 heteroatoms. The molecule has 0 amide bonds. The Morgan fingerprint density at radius 1 is 1.29 bits per heavy atom. The van der Waals surface area contributed by atoms with Crippen molar-refractivity contribution in [3.8, 4) is 0 Å². The maximum Gasteiger partial charge on any atom is 0.343 e. The minimum atomic E-state index is -3.65. The summed E-state index contributed by atoms with van der Waals surface area (Å²) < 4.78 is 22.3. The second-order valence-corrected chi connectivity index (χ2v) is 6.32. The van der Waals surface area contributed by atoms with Gasteiger partial charge in [0.2, 0.25) is 10.0 Å². The van der Waals surface area contributed by atoms with Crippen LogP contribution in [0.2, 0.25) is 5.15 Å². The van der Waals surface area contributed by atoms with Gasteiger partial charge < -0.3 is 11.1 Å². The van der Waals surface area contributed by atoms with Crippen LogP contribution < -0.4 is 21.2 Å². The summed E-state index contributed by atoms with van der Waals surface area (Å²) in [7, 11) is -3.65. The quantitative estimate of drug-likeness (QED) is 0.686. The zero-order valence-corrected chi connectivity index (χ0v) is 12.6. The van der Waals surface area contributed by atoms with Gasteiger partial charge in [0.15, 0.2) is 11.0 Å². The van der Waals surface area contributed by atoms with E-state index in [0.29, 0.717) is 23.9 Å². The molecule has 21 heavy (non-hydrogen) atoms. The molecule has 0 unspecified atom stereocenters. The molecule has 0 saturated heterocycles. The summed E-state index contributed by atoms with van der Waals surface area (Å²) >= 11 is 5.79. The van der Waals surface area contributed by atoms with Crippen LogP contribution in [0.25, 0.3) is 0 Å². The van der Waals surface area contributed by atoms with E-state index >= 15 is 0 Å². The molecule has 0 aliphatic rings. The lowest BCUT2D eigenvalue weighted by Gasteiger charge is -2.04. The Hall–Kier alpha value is -1.90. The van der Waals surface area contributed by atoms with Gasteiger partial charge in [-0.3, -0.25) is 0 Å². The number of nitrogens with one attached hydrogen (secondary N) is 2. The lowest BCUT2D eigenvalue weighted by molar-refractivity contribution is -0.347. The number of rotatable bonds is 5. The van der Waals surface area contributed by atoms with E-state index in [9.17, 15) is 8.42 Å². The van der Waals surface area contributed by atoms with E-state index < -0.39 is 10.0 Å². The maximum absolute atomic E-state index is 11.1. The first-order valence-corrected chi connectivity index (χ1v) is 7.98. The number of nitrogens with zero attached hydrogens (tertiary/aromatic N) is 1. The number of H-pyrrole nitrogens is 1. The van der Waals surface area contributed by atoms with Gasteiger partial charge in [0.25, 0.3) is 0 Å². The number of aromatic amines is 1. The third-order valence-corrected chi connectivity index (χ3v) is 3.86. The van der Waals surface area contributed by atoms with Gasteiger partial charge in [-0.1, -0.05) is 17.1 Å². The summed E-state index contributed by atoms with van der Waals surface area (Å²) in [6, 6.07) is 8.04. The van der Waals surface area contributed by atoms with Gasteiger partial charge >= 0.3 is 5.95 Å². The molecule has 0 saturated carbocycles. The van der Waals surface area contributed by atoms with E-state index in [4.69, 9.17) is 22.5 Å². The van der Waals surface area contributed by atoms with Crippen LogP contribution in [-0.4, -0.2) is 19.9 Å². The molecule has 1 heterocycles. The van der Waals surface area contributed by atoms with Gasteiger partial charge in [0.1, 0.15) is 0 Å². The number of nitrogen functional groups attached to an aromatic ring is 1. The molecule has 0 spiro atoms. The van der Waals surface area contributed by atoms with Crippen LogP contribution in [-0.2, 0) is 16.4 Å². The summed E-state index contributed by atoms with van der Waals surface area (Å²) in [5, 5.41) is 8.45. The van der Waals surface area contributed by atoms with E-state index in [0.717, 1.165) is 5.56 Å². The molecule has 0 bridgehead atoms. The van der Waals surface area contributed by atoms with Crippen molar-refractivity contribution in [1.29, 1.82) is 0 Å². The molecule has 0 aliphatic heterocycles. The van der Waals surface area contributed by atoms with Gasteiger partial charge in [-0.15, -0.1) is 0 Å². The van der Waals surface area contributed by atoms with Crippen molar-refractivity contribution in [2.45, 2.75) is 11.3 Å². The fourth-order valence-corrected chi connectivity index (χ4v) is 2.47. The molecule has 0 aliphatic carbocycles. The maximum atomic E-state index is 11.1. The minimum Gasteiger partial charge on any atom is -0.321 e. The molecular weight excluding hydrogens is 314 g/mol. The number of aromatic nitrogens is 2. The molecule has 2 rings (SSSR count). The number of hydrogen-bond acceptors (Lipinski definition) is 5. The molecule has 7 nitrogen and oxygen atoms in total. The Morgan fingerprint density at radius 2 is 1.95 bits per heavy atom. The topological polar surface area (TPSA) is 125 Å². The van der Waals surface area contributed by atoms with Crippen LogP contribution in [0.3, 0.4) is 0 Å². The SMILES string of the molecule is Nc1nc(Cl)cc(NCCc2ccc(S(N)(=O)=O)cc2)[nH+]1. The number of anilines is 2. The number of primary sulfonamides is 1. The zero-order valence-electron chi connectivity index (χ0n) is 11.0. The highest BCUT2D eigenvalue weighted by molar-refractivity contribution is 7.89. The largest absolute Gasteiger partial charge is 0.343 e. The standard InChI is InChI=1S/C12H14ClN5O2S/c13-10-7-11(18-12(14)17-10)16-6-5-8-1-3-9(4-2-8)21(15,19)20/h1-4,7H,5-6H2,(H2,15,19,20)(H3,14,16,17,18)/p+1. The lowest BCUT2D eigenvalue weighted by Crippen LogP contribution is -2.20. The predicted molar refractivity (Wildman–Crippen MR) is 80.2 cm³/mol. The molecule has 1 aromatic heterocycles. The smallest absolute Gasteiger partial charge is 0.321 e. The van der Waals surface area contributed by atoms with Crippen molar-refractivity contribution >= 4 is 33.4 Å². The second kappa shape index (κ2) is 6.25. The summed E-state index contributed by atoms with van der Waals surface area (Å²) in [6.45, 7) is 0.616. The summed E-state index contributed by atoms with van der Waals surface area (Å²) in [5.41, 5.74) is 6.51. The highest BCUT2D eigenvalue weighted by Crippen LogP contribution is 2.11. The van der Waals surface area contributed by atoms with Crippen molar-refractivity contribution in [2.75, 3.05) is 17.6 Å². The van der Waals surface area contributed by atoms with E-state index in [2.05, 4.69) is 15.3 Å². The molecule has 112 valence electrons. The van der Waals surface area contributed by atoms with Gasteiger partial charge in [-0.25, -0.2) is 18.5 Å². The minimum absolute atomic E-state index is 0.0984. The average molecular weight is 329 g/mol. The lowest BCUT2D eigenvalue weighted by atomic mass is 10.1. The van der Waals surface area contributed by atoms with Gasteiger partial charge in [-0.2, -0.15) is 0 Å². The third kappa shape index (κ3) is 4.55. The predicted octanol–water partition coefficient (Wildman–Crippen LogP) is 0.433. The zero-order chi connectivity index (χ0) is 15.5. The fourth-order valence-electron chi connectivity index (χ4n) is 1.75. The van der Waals surface area contributed by atoms with Gasteiger partial charge in [0, 0.05) is 0 Å². The van der Waals surface area contributed by atoms with Crippen molar-refractivity contribution in [1.82, 2.24) is 4.98 Å². The van der Waals surface area contributed by atoms with E-state index in [1.54, 1.807) is 18.2 Å². The number of hydrogen-bond donors (Lipinski definition) is 3. The van der Waals surface area contributed by atoms with Crippen LogP contribution in [0.4, 0.5) is 11.8 Å². The number of nitrogens with two attached hydrogens (primary N) is 2. The number of benzene rings is 1. The van der Waals surface area contributed by atoms with Crippen molar-refractivity contribution in [2.24, 2.45) is 5.14 Å². The van der Waals surface area contributed by atoms with Crippen LogP contribution >= 0.6 is 11.6 Å². The Balaban J connectivity index is 1.94. The second-order valence-electron chi connectivity index (χ2n) is 4.37. The Labute approximate surface area is 127 Å². The molecule has 6 N–H and O–H groups in total. The highest BCUT2D eigenvalue weighted by atomic mass is 35.5. The Morgan fingerprint density at radius 3 is 2.52 bits per heavy atom. The van der Waals surface area contributed by atoms with E-state index in [-0.39, 0.29) is 10.8 Å². The molecule has 0 radical (unpaired) electrons. The monoisotopic (exact) mass is 328 g/mol. The fraction of sp³-hybridized carbons (Fsp3) is 0.167. The van der Waals surface area contributed by atoms with Crippen LogP contribution in [0.1, 0.15) is 5.56 Å². The molecule has 0 atom stereocenters. The van der Waals surface area contributed by atoms with Crippen molar-refractivity contribution < 1.29 is 13.4 Å². The summed E-state index contributed by atoms with van der Waals surface area (Å²) in [4.78, 5) is 6.75. The Kier molecular flexibility index (Phi) is 4.61. The first-order chi connectivity index (χ1) is 9.84. The molecule has 2 aromatic rings. The molecule has 1 aromatic carbocycles. The van der Waals surface area contributed by atoms with Crippen LogP contribution in [0.5, 0.6) is 0 Å². The van der Waals surface area contributed by atoms with E-state index in [1.165, 1.54) is 12.1 Å². The van der Waals surface area contributed by atoms with Crippen LogP contribution in [0.15, 0.2) is 35.2 Å². The van der Waals surface area contributed by atoms with E-state index in [1.807, 2.05) is 0 Å². The average Bonchev–Trinajstić information content (AvgIpc) is 2.37. The highest BCUT2D eigenvalue weighted by Gasteiger charge is 2.07. The van der Waals surface area contributed by atoms with Gasteiger partial charge in [-0.05, 0) is 35.7 Å². The first-order valence-electron chi connectivity index (χ1n) is 6.05. The molecule has 0 fully saturated rings. The number of sulfonamides is 1. The molecular formula is C12H15ClN5O2S+. The number of halogens is 1. The summed E-state index contributed by atoms with van der Waals surface area (Å²) in [6.07, 6.45) is 0.693. The van der Waals surface area contributed by atoms with Crippen molar-refractivity contribution in [3.05, 3.63) is 41.0 Å². The van der Waals surface area contributed by atoms with Gasteiger partial charge in [0.05, 0.1) is 17.5 Å². The third-order valence-electron chi connectivity index (χ3n) is 2.73. The normalized spacial score (nSPS) is 11.3. The summed E-state index contributed by atoms with van der Waals surface area (Å²) in [5.74, 6) is 0.885. The Bertz CT molecular complexity index is 714. The van der Waals surface area contributed by atoms with Crippen molar-refractivity contribution in [3.63, 3.8) is 0 Å². The van der Waals surface area contributed by atoms with Crippen LogP contribution in [0, 0.1) is 0 Å². The first kappa shape index (κ1) is 15.5.